The van der Waals surface area contributed by atoms with Crippen molar-refractivity contribution < 1.29 is 13.9 Å². The first-order chi connectivity index (χ1) is 13.5. The molecule has 0 atom stereocenters. The Kier molecular flexibility index (Phi) is 11.0. The van der Waals surface area contributed by atoms with E-state index in [2.05, 4.69) is 15.6 Å². The predicted molar refractivity (Wildman–Crippen MR) is 124 cm³/mol. The van der Waals surface area contributed by atoms with Crippen LogP contribution in [0.4, 0.5) is 4.39 Å². The Labute approximate surface area is 188 Å². The van der Waals surface area contributed by atoms with E-state index in [0.29, 0.717) is 36.8 Å². The average Bonchev–Trinajstić information content (AvgIpc) is 2.70. The quantitative estimate of drug-likeness (QED) is 0.323. The molecule has 29 heavy (non-hydrogen) atoms. The van der Waals surface area contributed by atoms with Gasteiger partial charge in [0.15, 0.2) is 12.6 Å². The van der Waals surface area contributed by atoms with Crippen LogP contribution >= 0.6 is 24.0 Å². The van der Waals surface area contributed by atoms with Gasteiger partial charge in [-0.15, -0.1) is 24.0 Å². The van der Waals surface area contributed by atoms with Gasteiger partial charge in [0, 0.05) is 34.2 Å². The minimum Gasteiger partial charge on any atom is -0.484 e. The molecular weight excluding hydrogens is 486 g/mol. The number of amides is 1. The normalized spacial score (nSPS) is 10.7. The van der Waals surface area contributed by atoms with Gasteiger partial charge in [0.1, 0.15) is 11.6 Å². The zero-order valence-corrected chi connectivity index (χ0v) is 19.3. The molecule has 0 unspecified atom stereocenters. The van der Waals surface area contributed by atoms with E-state index < -0.39 is 0 Å². The maximum absolute atomic E-state index is 13.7. The van der Waals surface area contributed by atoms with Crippen LogP contribution in [0.15, 0.2) is 53.5 Å². The van der Waals surface area contributed by atoms with E-state index in [9.17, 15) is 9.18 Å². The van der Waals surface area contributed by atoms with E-state index in [1.54, 1.807) is 33.3 Å². The summed E-state index contributed by atoms with van der Waals surface area (Å²) in [5.41, 5.74) is 1.66. The highest BCUT2D eigenvalue weighted by Crippen LogP contribution is 2.13. The molecule has 8 heteroatoms. The van der Waals surface area contributed by atoms with Gasteiger partial charge in [-0.2, -0.15) is 0 Å². The lowest BCUT2D eigenvalue weighted by atomic mass is 10.1. The highest BCUT2D eigenvalue weighted by Gasteiger charge is 2.06. The lowest BCUT2D eigenvalue weighted by Crippen LogP contribution is -2.37. The van der Waals surface area contributed by atoms with Crippen LogP contribution in [0.3, 0.4) is 0 Å². The second-order valence-electron chi connectivity index (χ2n) is 6.42. The maximum Gasteiger partial charge on any atom is 0.259 e. The Hall–Kier alpha value is -2.36. The summed E-state index contributed by atoms with van der Waals surface area (Å²) in [7, 11) is 5.07. The zero-order valence-electron chi connectivity index (χ0n) is 16.9. The minimum atomic E-state index is -0.197. The maximum atomic E-state index is 13.7. The summed E-state index contributed by atoms with van der Waals surface area (Å²) in [5.74, 6) is 0.974. The molecule has 0 fully saturated rings. The summed E-state index contributed by atoms with van der Waals surface area (Å²) < 4.78 is 19.2. The molecule has 0 heterocycles. The van der Waals surface area contributed by atoms with E-state index in [4.69, 9.17) is 4.74 Å². The number of likely N-dealkylation sites (N-methyl/N-ethyl adjacent to an activating group) is 1. The van der Waals surface area contributed by atoms with Gasteiger partial charge in [-0.25, -0.2) is 4.39 Å². The van der Waals surface area contributed by atoms with Gasteiger partial charge in [-0.1, -0.05) is 30.3 Å². The number of hydrogen-bond donors (Lipinski definition) is 2. The van der Waals surface area contributed by atoms with Crippen LogP contribution in [0.25, 0.3) is 0 Å². The van der Waals surface area contributed by atoms with Crippen molar-refractivity contribution in [1.82, 2.24) is 15.5 Å². The Morgan fingerprint density at radius 3 is 2.59 bits per heavy atom. The van der Waals surface area contributed by atoms with Crippen LogP contribution < -0.4 is 15.4 Å². The standard InChI is InChI=1S/C21H27FN4O2.HI/c1-23-21(24-12-11-17-8-4-5-10-19(17)22)25-14-16-7-6-9-18(13-16)28-15-20(27)26(2)3;/h4-10,13H,11-12,14-15H2,1-3H3,(H2,23,24,25);1H. The molecule has 0 radical (unpaired) electrons. The summed E-state index contributed by atoms with van der Waals surface area (Å²) in [6, 6.07) is 14.3. The van der Waals surface area contributed by atoms with Gasteiger partial charge in [0.25, 0.3) is 5.91 Å². The van der Waals surface area contributed by atoms with Crippen LogP contribution in [0, 0.1) is 5.82 Å². The summed E-state index contributed by atoms with van der Waals surface area (Å²) >= 11 is 0. The molecule has 2 N–H and O–H groups in total. The van der Waals surface area contributed by atoms with Crippen LogP contribution in [-0.2, 0) is 17.8 Å². The molecule has 0 aliphatic heterocycles. The number of hydrogen-bond acceptors (Lipinski definition) is 3. The third-order valence-electron chi connectivity index (χ3n) is 4.09. The van der Waals surface area contributed by atoms with Crippen LogP contribution in [0.2, 0.25) is 0 Å². The van der Waals surface area contributed by atoms with E-state index in [0.717, 1.165) is 5.56 Å². The van der Waals surface area contributed by atoms with Crippen molar-refractivity contribution in [3.05, 3.63) is 65.5 Å². The van der Waals surface area contributed by atoms with E-state index in [-0.39, 0.29) is 42.3 Å². The van der Waals surface area contributed by atoms with Crippen molar-refractivity contribution in [3.63, 3.8) is 0 Å². The molecule has 0 aromatic heterocycles. The number of aliphatic imine (C=N–C) groups is 1. The van der Waals surface area contributed by atoms with Crippen LogP contribution in [0.1, 0.15) is 11.1 Å². The number of nitrogens with zero attached hydrogens (tertiary/aromatic N) is 2. The number of nitrogens with one attached hydrogen (secondary N) is 2. The van der Waals surface area contributed by atoms with Gasteiger partial charge in [-0.3, -0.25) is 9.79 Å². The Morgan fingerprint density at radius 2 is 1.90 bits per heavy atom. The molecule has 2 aromatic carbocycles. The number of carbonyl (C=O) groups is 1. The molecule has 6 nitrogen and oxygen atoms in total. The van der Waals surface area contributed by atoms with Crippen molar-refractivity contribution >= 4 is 35.8 Å². The largest absolute Gasteiger partial charge is 0.484 e. The molecule has 0 spiro atoms. The van der Waals surface area contributed by atoms with E-state index in [1.165, 1.54) is 11.0 Å². The summed E-state index contributed by atoms with van der Waals surface area (Å²) in [6.07, 6.45) is 0.566. The lowest BCUT2D eigenvalue weighted by molar-refractivity contribution is -0.130. The Balaban J connectivity index is 0.00000420. The van der Waals surface area contributed by atoms with Crippen LogP contribution in [0.5, 0.6) is 5.75 Å². The van der Waals surface area contributed by atoms with Crippen molar-refractivity contribution in [2.45, 2.75) is 13.0 Å². The number of carbonyl (C=O) groups excluding carboxylic acids is 1. The molecule has 0 saturated carbocycles. The van der Waals surface area contributed by atoms with Crippen molar-refractivity contribution in [1.29, 1.82) is 0 Å². The third kappa shape index (κ3) is 8.68. The number of guanidine groups is 1. The smallest absolute Gasteiger partial charge is 0.259 e. The molecule has 0 bridgehead atoms. The topological polar surface area (TPSA) is 66.0 Å². The Bertz CT molecular complexity index is 815. The van der Waals surface area contributed by atoms with Gasteiger partial charge in [-0.05, 0) is 35.7 Å². The second kappa shape index (κ2) is 13.0. The van der Waals surface area contributed by atoms with Gasteiger partial charge >= 0.3 is 0 Å². The number of ether oxygens (including phenoxy) is 1. The fourth-order valence-electron chi connectivity index (χ4n) is 2.44. The first-order valence-electron chi connectivity index (χ1n) is 9.09. The fraction of sp³-hybridized carbons (Fsp3) is 0.333. The monoisotopic (exact) mass is 514 g/mol. The van der Waals surface area contributed by atoms with Crippen LogP contribution in [-0.4, -0.2) is 51.1 Å². The van der Waals surface area contributed by atoms with Gasteiger partial charge in [0.2, 0.25) is 0 Å². The molecule has 2 rings (SSSR count). The molecule has 2 aromatic rings. The van der Waals surface area contributed by atoms with E-state index >= 15 is 0 Å². The summed E-state index contributed by atoms with van der Waals surface area (Å²) in [6.45, 7) is 1.11. The molecule has 0 aliphatic rings. The molecule has 1 amide bonds. The SMILES string of the molecule is CN=C(NCCc1ccccc1F)NCc1cccc(OCC(=O)N(C)C)c1.I. The third-order valence-corrected chi connectivity index (χ3v) is 4.09. The lowest BCUT2D eigenvalue weighted by Gasteiger charge is -2.14. The summed E-state index contributed by atoms with van der Waals surface area (Å²) in [5, 5.41) is 6.38. The highest BCUT2D eigenvalue weighted by molar-refractivity contribution is 14.0. The fourth-order valence-corrected chi connectivity index (χ4v) is 2.44. The minimum absolute atomic E-state index is 0. The van der Waals surface area contributed by atoms with Crippen molar-refractivity contribution in [3.8, 4) is 5.75 Å². The first kappa shape index (κ1) is 24.7. The van der Waals surface area contributed by atoms with E-state index in [1.807, 2.05) is 30.3 Å². The number of halogens is 2. The predicted octanol–water partition coefficient (Wildman–Crippen LogP) is 2.82. The molecular formula is C21H28FIN4O2. The number of benzene rings is 2. The molecule has 158 valence electrons. The highest BCUT2D eigenvalue weighted by atomic mass is 127. The second-order valence-corrected chi connectivity index (χ2v) is 6.42. The Morgan fingerprint density at radius 1 is 1.14 bits per heavy atom. The summed E-state index contributed by atoms with van der Waals surface area (Å²) in [4.78, 5) is 17.3. The average molecular weight is 514 g/mol. The van der Waals surface area contributed by atoms with Gasteiger partial charge in [0.05, 0.1) is 0 Å². The zero-order chi connectivity index (χ0) is 20.4. The first-order valence-corrected chi connectivity index (χ1v) is 9.09. The van der Waals surface area contributed by atoms with Crippen molar-refractivity contribution in [2.24, 2.45) is 4.99 Å². The molecule has 0 saturated heterocycles. The van der Waals surface area contributed by atoms with Gasteiger partial charge < -0.3 is 20.3 Å². The number of rotatable bonds is 8. The van der Waals surface area contributed by atoms with Crippen molar-refractivity contribution in [2.75, 3.05) is 34.3 Å². The molecule has 0 aliphatic carbocycles.